The minimum absolute atomic E-state index is 0.0835. The van der Waals surface area contributed by atoms with Crippen LogP contribution in [-0.4, -0.2) is 40.2 Å². The zero-order valence-corrected chi connectivity index (χ0v) is 20.8. The molecule has 34 heavy (non-hydrogen) atoms. The summed E-state index contributed by atoms with van der Waals surface area (Å²) in [6.45, 7) is 8.16. The van der Waals surface area contributed by atoms with E-state index in [2.05, 4.69) is 10.2 Å². The Bertz CT molecular complexity index is 1470. The number of H-pyrrole nitrogens is 1. The number of para-hydroxylation sites is 1. The first-order valence-corrected chi connectivity index (χ1v) is 12.1. The van der Waals surface area contributed by atoms with Gasteiger partial charge in [-0.05, 0) is 45.4 Å². The Hall–Kier alpha value is -3.53. The van der Waals surface area contributed by atoms with Crippen molar-refractivity contribution >= 4 is 17.5 Å². The summed E-state index contributed by atoms with van der Waals surface area (Å²) in [6.07, 6.45) is 0.791. The summed E-state index contributed by atoms with van der Waals surface area (Å²) in [7, 11) is 1.85. The fraction of sp³-hybridized carbons (Fsp3) is 0.333. The molecular weight excluding hydrogens is 452 g/mol. The maximum absolute atomic E-state index is 13.5. The van der Waals surface area contributed by atoms with Crippen molar-refractivity contribution in [2.45, 2.75) is 45.8 Å². The van der Waals surface area contributed by atoms with Gasteiger partial charge in [-0.1, -0.05) is 36.9 Å². The molecule has 0 unspecified atom stereocenters. The SMILES string of the molecule is CCCn1c(SCC(=O)c2cc(C)n(-c3c(C)n(C)n(-c4ccccc4)c3=O)c2C)n[nH]c1=O. The van der Waals surface area contributed by atoms with Gasteiger partial charge in [0.2, 0.25) is 0 Å². The van der Waals surface area contributed by atoms with Crippen LogP contribution in [0.1, 0.15) is 40.8 Å². The topological polar surface area (TPSA) is 99.6 Å². The first-order chi connectivity index (χ1) is 16.3. The number of carbonyl (C=O) groups excluding carboxylic acids is 1. The Labute approximate surface area is 201 Å². The van der Waals surface area contributed by atoms with Crippen LogP contribution in [0.2, 0.25) is 0 Å². The molecule has 4 rings (SSSR count). The molecule has 0 atom stereocenters. The largest absolute Gasteiger partial charge is 0.343 e. The van der Waals surface area contributed by atoms with Crippen LogP contribution >= 0.6 is 11.8 Å². The van der Waals surface area contributed by atoms with E-state index in [0.29, 0.717) is 28.6 Å². The number of hydrogen-bond donors (Lipinski definition) is 1. The maximum Gasteiger partial charge on any atom is 0.343 e. The molecule has 0 saturated heterocycles. The van der Waals surface area contributed by atoms with Crippen molar-refractivity contribution in [1.82, 2.24) is 28.7 Å². The highest BCUT2D eigenvalue weighted by Crippen LogP contribution is 2.24. The van der Waals surface area contributed by atoms with Gasteiger partial charge in [-0.3, -0.25) is 18.8 Å². The molecule has 1 aromatic carbocycles. The predicted molar refractivity (Wildman–Crippen MR) is 133 cm³/mol. The molecule has 4 aromatic rings. The molecule has 0 aliphatic heterocycles. The van der Waals surface area contributed by atoms with Crippen LogP contribution in [0.25, 0.3) is 11.4 Å². The molecule has 0 aliphatic carbocycles. The normalized spacial score (nSPS) is 11.3. The van der Waals surface area contributed by atoms with E-state index in [4.69, 9.17) is 0 Å². The second-order valence-electron chi connectivity index (χ2n) is 8.21. The number of nitrogens with zero attached hydrogens (tertiary/aromatic N) is 5. The van der Waals surface area contributed by atoms with Crippen molar-refractivity contribution in [2.24, 2.45) is 7.05 Å². The summed E-state index contributed by atoms with van der Waals surface area (Å²) in [5.74, 6) is 0.0557. The second kappa shape index (κ2) is 9.38. The lowest BCUT2D eigenvalue weighted by molar-refractivity contribution is 0.102. The number of hydrogen-bond acceptors (Lipinski definition) is 5. The number of carbonyl (C=O) groups is 1. The van der Waals surface area contributed by atoms with Gasteiger partial charge >= 0.3 is 5.69 Å². The highest BCUT2D eigenvalue weighted by molar-refractivity contribution is 7.99. The highest BCUT2D eigenvalue weighted by Gasteiger charge is 2.24. The fourth-order valence-corrected chi connectivity index (χ4v) is 5.10. The van der Waals surface area contributed by atoms with Crippen molar-refractivity contribution in [1.29, 1.82) is 0 Å². The third kappa shape index (κ3) is 3.98. The smallest absolute Gasteiger partial charge is 0.311 e. The highest BCUT2D eigenvalue weighted by atomic mass is 32.2. The lowest BCUT2D eigenvalue weighted by Crippen LogP contribution is -2.22. The second-order valence-corrected chi connectivity index (χ2v) is 9.15. The van der Waals surface area contributed by atoms with Crippen LogP contribution in [0.5, 0.6) is 0 Å². The molecule has 3 heterocycles. The lowest BCUT2D eigenvalue weighted by atomic mass is 10.2. The number of aromatic amines is 1. The molecule has 0 aliphatic rings. The van der Waals surface area contributed by atoms with Crippen molar-refractivity contribution in [2.75, 3.05) is 5.75 Å². The van der Waals surface area contributed by atoms with Crippen molar-refractivity contribution in [3.8, 4) is 11.4 Å². The third-order valence-electron chi connectivity index (χ3n) is 5.98. The van der Waals surface area contributed by atoms with Gasteiger partial charge in [0.25, 0.3) is 5.56 Å². The summed E-state index contributed by atoms with van der Waals surface area (Å²) in [6, 6.07) is 11.3. The summed E-state index contributed by atoms with van der Waals surface area (Å²) in [5.41, 5.74) is 3.74. The average molecular weight is 481 g/mol. The number of nitrogens with one attached hydrogen (secondary N) is 1. The van der Waals surface area contributed by atoms with Crippen LogP contribution in [0.15, 0.2) is 51.1 Å². The molecule has 0 bridgehead atoms. The van der Waals surface area contributed by atoms with Crippen molar-refractivity contribution in [3.05, 3.63) is 79.9 Å². The molecule has 10 heteroatoms. The molecule has 0 saturated carbocycles. The minimum atomic E-state index is -0.274. The average Bonchev–Trinajstić information content (AvgIpc) is 3.39. The Kier molecular flexibility index (Phi) is 6.52. The molecule has 1 N–H and O–H groups in total. The van der Waals surface area contributed by atoms with Crippen LogP contribution in [0.4, 0.5) is 0 Å². The van der Waals surface area contributed by atoms with E-state index in [9.17, 15) is 14.4 Å². The number of ketones is 1. The maximum atomic E-state index is 13.5. The Morgan fingerprint density at radius 3 is 2.47 bits per heavy atom. The predicted octanol–water partition coefficient (Wildman–Crippen LogP) is 3.16. The van der Waals surface area contributed by atoms with Gasteiger partial charge in [0, 0.05) is 30.5 Å². The van der Waals surface area contributed by atoms with Gasteiger partial charge in [0.1, 0.15) is 5.69 Å². The zero-order chi connectivity index (χ0) is 24.6. The van der Waals surface area contributed by atoms with Gasteiger partial charge in [-0.15, -0.1) is 5.10 Å². The minimum Gasteiger partial charge on any atom is -0.311 e. The quantitative estimate of drug-likeness (QED) is 0.308. The fourth-order valence-electron chi connectivity index (χ4n) is 4.24. The first-order valence-electron chi connectivity index (χ1n) is 11.1. The molecule has 178 valence electrons. The van der Waals surface area contributed by atoms with Gasteiger partial charge < -0.3 is 4.57 Å². The molecule has 0 amide bonds. The van der Waals surface area contributed by atoms with E-state index in [0.717, 1.165) is 23.5 Å². The summed E-state index contributed by atoms with van der Waals surface area (Å²) >= 11 is 1.23. The van der Waals surface area contributed by atoms with E-state index in [1.807, 2.05) is 80.4 Å². The van der Waals surface area contributed by atoms with Crippen LogP contribution in [0, 0.1) is 20.8 Å². The molecule has 0 fully saturated rings. The van der Waals surface area contributed by atoms with E-state index < -0.39 is 0 Å². The van der Waals surface area contributed by atoms with Crippen LogP contribution in [-0.2, 0) is 13.6 Å². The van der Waals surface area contributed by atoms with Crippen LogP contribution < -0.4 is 11.2 Å². The summed E-state index contributed by atoms with van der Waals surface area (Å²) < 4.78 is 6.86. The lowest BCUT2D eigenvalue weighted by Gasteiger charge is -2.08. The number of aryl methyl sites for hydroxylation is 1. The number of Topliss-reactive ketones (excluding diaryl/α,β-unsaturated/α-hetero) is 1. The number of rotatable bonds is 8. The van der Waals surface area contributed by atoms with E-state index in [1.165, 1.54) is 11.8 Å². The monoisotopic (exact) mass is 480 g/mol. The molecular formula is C24H28N6O3S. The standard InChI is InChI=1S/C24H28N6O3S/c1-6-12-28-23(33)25-26-24(28)34-14-20(31)19-13-15(2)29(16(19)3)21-17(4)27(5)30(22(21)32)18-10-8-7-9-11-18/h7-11,13H,6,12,14H2,1-5H3,(H,25,33). The number of aromatic nitrogens is 6. The molecule has 9 nitrogen and oxygen atoms in total. The molecule has 0 radical (unpaired) electrons. The van der Waals surface area contributed by atoms with Gasteiger partial charge in [-0.2, -0.15) is 0 Å². The van der Waals surface area contributed by atoms with Gasteiger partial charge in [0.15, 0.2) is 10.9 Å². The van der Waals surface area contributed by atoms with E-state index >= 15 is 0 Å². The van der Waals surface area contributed by atoms with Crippen molar-refractivity contribution in [3.63, 3.8) is 0 Å². The Morgan fingerprint density at radius 1 is 1.09 bits per heavy atom. The number of thioether (sulfide) groups is 1. The van der Waals surface area contributed by atoms with Gasteiger partial charge in [-0.25, -0.2) is 14.6 Å². The zero-order valence-electron chi connectivity index (χ0n) is 20.0. The first kappa shape index (κ1) is 23.6. The van der Waals surface area contributed by atoms with Gasteiger partial charge in [0.05, 0.1) is 17.1 Å². The Morgan fingerprint density at radius 2 is 1.79 bits per heavy atom. The summed E-state index contributed by atoms with van der Waals surface area (Å²) in [4.78, 5) is 38.5. The third-order valence-corrected chi connectivity index (χ3v) is 6.96. The summed E-state index contributed by atoms with van der Waals surface area (Å²) in [5, 5.41) is 6.99. The number of benzene rings is 1. The Balaban J connectivity index is 1.68. The van der Waals surface area contributed by atoms with Crippen LogP contribution in [0.3, 0.4) is 0 Å². The molecule has 0 spiro atoms. The van der Waals surface area contributed by atoms with Crippen molar-refractivity contribution < 1.29 is 4.79 Å². The molecule has 3 aromatic heterocycles. The van der Waals surface area contributed by atoms with E-state index in [1.54, 1.807) is 9.25 Å². The van der Waals surface area contributed by atoms with E-state index in [-0.39, 0.29) is 22.8 Å².